The summed E-state index contributed by atoms with van der Waals surface area (Å²) in [4.78, 5) is 26.7. The third-order valence-electron chi connectivity index (χ3n) is 3.61. The number of carbonyl (C=O) groups is 1. The van der Waals surface area contributed by atoms with Crippen LogP contribution in [0.4, 0.5) is 0 Å². The quantitative estimate of drug-likeness (QED) is 0.356. The third-order valence-corrected chi connectivity index (χ3v) is 4.23. The van der Waals surface area contributed by atoms with Gasteiger partial charge in [0.1, 0.15) is 5.56 Å². The van der Waals surface area contributed by atoms with Crippen LogP contribution in [-0.4, -0.2) is 26.8 Å². The monoisotopic (exact) mass is 400 g/mol. The Balaban J connectivity index is 1.92. The highest BCUT2D eigenvalue weighted by Crippen LogP contribution is 2.18. The smallest absolute Gasteiger partial charge is 0.272 e. The zero-order valence-corrected chi connectivity index (χ0v) is 15.3. The summed E-state index contributed by atoms with van der Waals surface area (Å²) in [5.74, 6) is -0.950. The van der Waals surface area contributed by atoms with Gasteiger partial charge in [-0.05, 0) is 36.5 Å². The Kier molecular flexibility index (Phi) is 5.49. The molecule has 0 aliphatic rings. The van der Waals surface area contributed by atoms with Crippen molar-refractivity contribution in [1.82, 2.24) is 15.0 Å². The molecule has 0 fully saturated rings. The molecular weight excluding hydrogens is 388 g/mol. The predicted molar refractivity (Wildman–Crippen MR) is 105 cm³/mol. The van der Waals surface area contributed by atoms with Gasteiger partial charge in [-0.2, -0.15) is 5.10 Å². The number of aromatic hydroxyl groups is 1. The van der Waals surface area contributed by atoms with E-state index in [-0.39, 0.29) is 20.9 Å². The highest BCUT2D eigenvalue weighted by atomic mass is 35.5. The summed E-state index contributed by atoms with van der Waals surface area (Å²) in [5.41, 5.74) is 2.26. The number of hydrazone groups is 1. The molecule has 0 spiro atoms. The van der Waals surface area contributed by atoms with E-state index in [1.54, 1.807) is 42.5 Å². The van der Waals surface area contributed by atoms with Crippen molar-refractivity contribution in [3.8, 4) is 11.6 Å². The summed E-state index contributed by atoms with van der Waals surface area (Å²) in [6.45, 7) is 0. The number of rotatable bonds is 4. The first-order valence-electron chi connectivity index (χ1n) is 7.70. The molecule has 0 aliphatic carbocycles. The molecule has 0 radical (unpaired) electrons. The second-order valence-electron chi connectivity index (χ2n) is 5.35. The number of carbonyl (C=O) groups excluding carboxylic acids is 1. The summed E-state index contributed by atoms with van der Waals surface area (Å²) in [6.07, 6.45) is 1.04. The molecule has 0 bridgehead atoms. The molecule has 3 rings (SSSR count). The van der Waals surface area contributed by atoms with E-state index >= 15 is 0 Å². The first kappa shape index (κ1) is 18.6. The largest absolute Gasteiger partial charge is 0.494 e. The zero-order valence-electron chi connectivity index (χ0n) is 13.7. The minimum absolute atomic E-state index is 0.0287. The highest BCUT2D eigenvalue weighted by molar-refractivity contribution is 7.71. The molecule has 7 nitrogen and oxygen atoms in total. The van der Waals surface area contributed by atoms with Gasteiger partial charge in [-0.25, -0.2) is 5.43 Å². The van der Waals surface area contributed by atoms with Gasteiger partial charge in [-0.1, -0.05) is 41.9 Å². The van der Waals surface area contributed by atoms with E-state index in [2.05, 4.69) is 15.5 Å². The molecule has 0 atom stereocenters. The number of benzene rings is 2. The SMILES string of the molecule is O=C(N/N=C\c1c(O)n(-c2ccccc2)c(=S)[nH]c1=O)c1ccccc1Cl. The van der Waals surface area contributed by atoms with E-state index in [0.29, 0.717) is 5.69 Å². The molecule has 27 heavy (non-hydrogen) atoms. The summed E-state index contributed by atoms with van der Waals surface area (Å²) < 4.78 is 1.31. The van der Waals surface area contributed by atoms with Gasteiger partial charge in [0.25, 0.3) is 11.5 Å². The molecule has 1 amide bonds. The van der Waals surface area contributed by atoms with Crippen LogP contribution in [0.15, 0.2) is 64.5 Å². The fraction of sp³-hybridized carbons (Fsp3) is 0. The second-order valence-corrected chi connectivity index (χ2v) is 6.14. The molecular formula is C18H13ClN4O3S. The first-order chi connectivity index (χ1) is 13.0. The Labute approximate surface area is 163 Å². The Bertz CT molecular complexity index is 1140. The lowest BCUT2D eigenvalue weighted by Crippen LogP contribution is -2.21. The van der Waals surface area contributed by atoms with Crippen LogP contribution in [0.3, 0.4) is 0 Å². The van der Waals surface area contributed by atoms with E-state index < -0.39 is 17.3 Å². The summed E-state index contributed by atoms with van der Waals surface area (Å²) in [6, 6.07) is 15.2. The average molecular weight is 401 g/mol. The Hall–Kier alpha value is -3.23. The lowest BCUT2D eigenvalue weighted by atomic mass is 10.2. The van der Waals surface area contributed by atoms with Gasteiger partial charge in [-0.15, -0.1) is 0 Å². The number of nitrogens with zero attached hydrogens (tertiary/aromatic N) is 2. The number of para-hydroxylation sites is 1. The Morgan fingerprint density at radius 3 is 2.56 bits per heavy atom. The molecule has 3 aromatic rings. The van der Waals surface area contributed by atoms with Gasteiger partial charge in [0.2, 0.25) is 5.88 Å². The Morgan fingerprint density at radius 1 is 1.19 bits per heavy atom. The van der Waals surface area contributed by atoms with Gasteiger partial charge in [0.05, 0.1) is 22.5 Å². The molecule has 9 heteroatoms. The normalized spacial score (nSPS) is 10.9. The van der Waals surface area contributed by atoms with Crippen molar-refractivity contribution in [3.63, 3.8) is 0 Å². The number of aromatic amines is 1. The lowest BCUT2D eigenvalue weighted by Gasteiger charge is -2.10. The van der Waals surface area contributed by atoms with Crippen molar-refractivity contribution < 1.29 is 9.90 Å². The van der Waals surface area contributed by atoms with Crippen molar-refractivity contribution in [2.75, 3.05) is 0 Å². The standard InChI is InChI=1S/C18H13ClN4O3S/c19-14-9-5-4-8-12(14)16(25)22-20-10-13-15(24)21-18(27)23(17(13)26)11-6-2-1-3-7-11/h1-10,26H,(H,22,25)(H,21,24,27)/b20-10-. The van der Waals surface area contributed by atoms with Crippen LogP contribution in [0.25, 0.3) is 5.69 Å². The number of hydrogen-bond donors (Lipinski definition) is 3. The molecule has 1 heterocycles. The van der Waals surface area contributed by atoms with Crippen molar-refractivity contribution in [3.05, 3.63) is 85.9 Å². The molecule has 0 saturated heterocycles. The molecule has 136 valence electrons. The van der Waals surface area contributed by atoms with Crippen LogP contribution in [-0.2, 0) is 0 Å². The van der Waals surface area contributed by atoms with Gasteiger partial charge >= 0.3 is 0 Å². The van der Waals surface area contributed by atoms with Crippen LogP contribution in [0.1, 0.15) is 15.9 Å². The first-order valence-corrected chi connectivity index (χ1v) is 8.49. The molecule has 0 saturated carbocycles. The van der Waals surface area contributed by atoms with Crippen molar-refractivity contribution >= 4 is 35.9 Å². The zero-order chi connectivity index (χ0) is 19.4. The number of aromatic nitrogens is 2. The third kappa shape index (κ3) is 3.97. The summed E-state index contributed by atoms with van der Waals surface area (Å²) in [7, 11) is 0. The van der Waals surface area contributed by atoms with Crippen molar-refractivity contribution in [2.45, 2.75) is 0 Å². The number of H-pyrrole nitrogens is 1. The van der Waals surface area contributed by atoms with Crippen LogP contribution >= 0.6 is 23.8 Å². The van der Waals surface area contributed by atoms with Crippen LogP contribution < -0.4 is 11.0 Å². The molecule has 3 N–H and O–H groups in total. The van der Waals surface area contributed by atoms with E-state index in [1.807, 2.05) is 6.07 Å². The van der Waals surface area contributed by atoms with E-state index in [9.17, 15) is 14.7 Å². The number of hydrogen-bond acceptors (Lipinski definition) is 5. The lowest BCUT2D eigenvalue weighted by molar-refractivity contribution is 0.0955. The average Bonchev–Trinajstić information content (AvgIpc) is 2.65. The molecule has 1 aromatic heterocycles. The molecule has 0 aliphatic heterocycles. The highest BCUT2D eigenvalue weighted by Gasteiger charge is 2.13. The van der Waals surface area contributed by atoms with Gasteiger partial charge in [-0.3, -0.25) is 19.1 Å². The predicted octanol–water partition coefficient (Wildman–Crippen LogP) is 3.02. The summed E-state index contributed by atoms with van der Waals surface area (Å²) in [5, 5.41) is 14.5. The topological polar surface area (TPSA) is 99.5 Å². The van der Waals surface area contributed by atoms with Crippen LogP contribution in [0.2, 0.25) is 5.02 Å². The number of halogens is 1. The summed E-state index contributed by atoms with van der Waals surface area (Å²) >= 11 is 11.1. The fourth-order valence-corrected chi connectivity index (χ4v) is 2.84. The van der Waals surface area contributed by atoms with Crippen LogP contribution in [0, 0.1) is 4.77 Å². The molecule has 2 aromatic carbocycles. The van der Waals surface area contributed by atoms with Crippen molar-refractivity contribution in [1.29, 1.82) is 0 Å². The van der Waals surface area contributed by atoms with Crippen molar-refractivity contribution in [2.24, 2.45) is 5.10 Å². The number of nitrogens with one attached hydrogen (secondary N) is 2. The van der Waals surface area contributed by atoms with Gasteiger partial charge < -0.3 is 5.11 Å². The maximum atomic E-state index is 12.1. The van der Waals surface area contributed by atoms with E-state index in [0.717, 1.165) is 6.21 Å². The fourth-order valence-electron chi connectivity index (χ4n) is 2.33. The minimum atomic E-state index is -0.638. The Morgan fingerprint density at radius 2 is 1.85 bits per heavy atom. The second kappa shape index (κ2) is 7.98. The number of amides is 1. The molecule has 0 unspecified atom stereocenters. The van der Waals surface area contributed by atoms with E-state index in [1.165, 1.54) is 10.6 Å². The van der Waals surface area contributed by atoms with Crippen LogP contribution in [0.5, 0.6) is 5.88 Å². The maximum Gasteiger partial charge on any atom is 0.272 e. The minimum Gasteiger partial charge on any atom is -0.494 e. The van der Waals surface area contributed by atoms with E-state index in [4.69, 9.17) is 23.8 Å². The van der Waals surface area contributed by atoms with Gasteiger partial charge in [0, 0.05) is 0 Å². The maximum absolute atomic E-state index is 12.1. The van der Waals surface area contributed by atoms with Gasteiger partial charge in [0.15, 0.2) is 4.77 Å².